The number of nitriles is 1. The highest BCUT2D eigenvalue weighted by Crippen LogP contribution is 2.13. The number of nitrogens with zero attached hydrogens (tertiary/aromatic N) is 1. The van der Waals surface area contributed by atoms with Crippen molar-refractivity contribution < 1.29 is 24.2 Å². The Balaban J connectivity index is 0.000000635. The van der Waals surface area contributed by atoms with E-state index in [1.807, 2.05) is 36.4 Å². The van der Waals surface area contributed by atoms with Gasteiger partial charge in [0.2, 0.25) is 11.8 Å². The minimum absolute atomic E-state index is 0.0559. The third-order valence-corrected chi connectivity index (χ3v) is 4.77. The summed E-state index contributed by atoms with van der Waals surface area (Å²) in [5, 5.41) is 26.2. The molecule has 9 nitrogen and oxygen atoms in total. The molecule has 9 heteroatoms. The van der Waals surface area contributed by atoms with Crippen LogP contribution in [0.15, 0.2) is 60.2 Å². The van der Waals surface area contributed by atoms with Gasteiger partial charge in [-0.1, -0.05) is 63.2 Å². The quantitative estimate of drug-likeness (QED) is 0.221. The highest BCUT2D eigenvalue weighted by atomic mass is 16.5. The predicted octanol–water partition coefficient (Wildman–Crippen LogP) is 2.92. The predicted molar refractivity (Wildman–Crippen MR) is 142 cm³/mol. The molecular weight excluding hydrogens is 472 g/mol. The van der Waals surface area contributed by atoms with Crippen LogP contribution in [0.2, 0.25) is 0 Å². The molecule has 0 aromatic heterocycles. The van der Waals surface area contributed by atoms with E-state index in [4.69, 9.17) is 10.00 Å². The van der Waals surface area contributed by atoms with Crippen LogP contribution >= 0.6 is 0 Å². The highest BCUT2D eigenvalue weighted by molar-refractivity contribution is 6.01. The molecule has 0 aliphatic heterocycles. The van der Waals surface area contributed by atoms with Crippen molar-refractivity contribution in [2.24, 2.45) is 5.41 Å². The van der Waals surface area contributed by atoms with Gasteiger partial charge in [-0.2, -0.15) is 5.26 Å². The van der Waals surface area contributed by atoms with Gasteiger partial charge in [0.15, 0.2) is 0 Å². The lowest BCUT2D eigenvalue weighted by atomic mass is 9.96. The minimum atomic E-state index is -0.559. The molecule has 0 saturated carbocycles. The lowest BCUT2D eigenvalue weighted by molar-refractivity contribution is -0.131. The monoisotopic (exact) mass is 508 g/mol. The fourth-order valence-corrected chi connectivity index (χ4v) is 2.73. The number of benzene rings is 2. The van der Waals surface area contributed by atoms with Crippen molar-refractivity contribution in [2.75, 3.05) is 26.7 Å². The van der Waals surface area contributed by atoms with E-state index in [2.05, 4.69) is 16.0 Å². The Morgan fingerprint density at radius 1 is 0.973 bits per heavy atom. The van der Waals surface area contributed by atoms with E-state index in [-0.39, 0.29) is 36.2 Å². The number of phenolic OH excluding ortho intramolecular Hbond substituents is 1. The molecule has 198 valence electrons. The Morgan fingerprint density at radius 3 is 2.16 bits per heavy atom. The molecule has 0 radical (unpaired) electrons. The number of amides is 3. The summed E-state index contributed by atoms with van der Waals surface area (Å²) in [5.74, 6) is -0.937. The van der Waals surface area contributed by atoms with Crippen molar-refractivity contribution in [3.05, 3.63) is 71.3 Å². The molecule has 2 rings (SSSR count). The first kappa shape index (κ1) is 30.9. The van der Waals surface area contributed by atoms with E-state index >= 15 is 0 Å². The summed E-state index contributed by atoms with van der Waals surface area (Å²) in [4.78, 5) is 35.4. The molecule has 0 spiro atoms. The zero-order chi connectivity index (χ0) is 27.7. The van der Waals surface area contributed by atoms with Crippen molar-refractivity contribution >= 4 is 23.8 Å². The number of hydrogen-bond donors (Lipinski definition) is 4. The first-order valence-corrected chi connectivity index (χ1v) is 11.8. The van der Waals surface area contributed by atoms with Gasteiger partial charge in [0, 0.05) is 25.6 Å². The maximum absolute atomic E-state index is 12.0. The zero-order valence-corrected chi connectivity index (χ0v) is 21.8. The van der Waals surface area contributed by atoms with E-state index in [0.717, 1.165) is 0 Å². The average molecular weight is 509 g/mol. The lowest BCUT2D eigenvalue weighted by Crippen LogP contribution is -2.42. The summed E-state index contributed by atoms with van der Waals surface area (Å²) >= 11 is 0. The molecule has 0 bridgehead atoms. The number of phenols is 1. The Kier molecular flexibility index (Phi) is 13.8. The SMILES string of the molecule is CC(C)(C)C(=O)NCC(=O)NCCCNC(=O)/C(C#N)=C/c1ccc(O)cc1.COCc1ccccc1. The summed E-state index contributed by atoms with van der Waals surface area (Å²) in [6.45, 7) is 6.49. The summed E-state index contributed by atoms with van der Waals surface area (Å²) < 4.78 is 4.93. The van der Waals surface area contributed by atoms with Crippen LogP contribution < -0.4 is 16.0 Å². The van der Waals surface area contributed by atoms with Gasteiger partial charge in [0.1, 0.15) is 17.4 Å². The Bertz CT molecular complexity index is 1070. The third kappa shape index (κ3) is 13.5. The van der Waals surface area contributed by atoms with Crippen molar-refractivity contribution in [1.82, 2.24) is 16.0 Å². The van der Waals surface area contributed by atoms with E-state index < -0.39 is 11.3 Å². The molecule has 37 heavy (non-hydrogen) atoms. The van der Waals surface area contributed by atoms with E-state index in [1.165, 1.54) is 23.8 Å². The molecule has 0 aliphatic rings. The molecule has 0 atom stereocenters. The third-order valence-electron chi connectivity index (χ3n) is 4.77. The number of nitrogens with one attached hydrogen (secondary N) is 3. The Morgan fingerprint density at radius 2 is 1.59 bits per heavy atom. The molecule has 4 N–H and O–H groups in total. The average Bonchev–Trinajstić information content (AvgIpc) is 2.87. The molecule has 0 saturated heterocycles. The van der Waals surface area contributed by atoms with E-state index in [9.17, 15) is 19.5 Å². The van der Waals surface area contributed by atoms with Crippen LogP contribution in [0.3, 0.4) is 0 Å². The van der Waals surface area contributed by atoms with Crippen LogP contribution in [0.5, 0.6) is 5.75 Å². The molecule has 0 unspecified atom stereocenters. The molecular formula is C28H36N4O5. The van der Waals surface area contributed by atoms with Crippen LogP contribution in [0.4, 0.5) is 0 Å². The van der Waals surface area contributed by atoms with Gasteiger partial charge in [0.05, 0.1) is 13.2 Å². The van der Waals surface area contributed by atoms with Gasteiger partial charge in [-0.3, -0.25) is 14.4 Å². The van der Waals surface area contributed by atoms with Crippen molar-refractivity contribution in [3.63, 3.8) is 0 Å². The van der Waals surface area contributed by atoms with Crippen LogP contribution in [0.25, 0.3) is 6.08 Å². The van der Waals surface area contributed by atoms with E-state index in [1.54, 1.807) is 40.0 Å². The summed E-state index contributed by atoms with van der Waals surface area (Å²) in [6, 6.07) is 18.1. The molecule has 3 amide bonds. The van der Waals surface area contributed by atoms with Crippen molar-refractivity contribution in [3.8, 4) is 11.8 Å². The first-order chi connectivity index (χ1) is 17.6. The number of carbonyl (C=O) groups excluding carboxylic acids is 3. The summed E-state index contributed by atoms with van der Waals surface area (Å²) in [5.41, 5.74) is 1.23. The van der Waals surface area contributed by atoms with Crippen LogP contribution in [-0.2, 0) is 25.7 Å². The second-order valence-electron chi connectivity index (χ2n) is 9.07. The fourth-order valence-electron chi connectivity index (χ4n) is 2.73. The standard InChI is InChI=1S/C20H26N4O4.C8H10O/c1-20(2,3)19(28)24-13-17(26)22-9-4-10-23-18(27)15(12-21)11-14-5-7-16(25)8-6-14;1-9-7-8-5-3-2-4-6-8/h5-8,11,25H,4,9-10,13H2,1-3H3,(H,22,26)(H,23,27)(H,24,28);2-6H,7H2,1H3/b15-11+;. The largest absolute Gasteiger partial charge is 0.508 e. The van der Waals surface area contributed by atoms with Gasteiger partial charge in [-0.15, -0.1) is 0 Å². The lowest BCUT2D eigenvalue weighted by Gasteiger charge is -2.17. The van der Waals surface area contributed by atoms with Gasteiger partial charge >= 0.3 is 0 Å². The zero-order valence-electron chi connectivity index (χ0n) is 21.8. The first-order valence-electron chi connectivity index (χ1n) is 11.8. The fraction of sp³-hybridized carbons (Fsp3) is 0.357. The smallest absolute Gasteiger partial charge is 0.261 e. The molecule has 0 aliphatic carbocycles. The Labute approximate surface area is 218 Å². The maximum Gasteiger partial charge on any atom is 0.261 e. The summed E-state index contributed by atoms with van der Waals surface area (Å²) in [7, 11) is 1.70. The number of rotatable bonds is 10. The number of aromatic hydroxyl groups is 1. The number of carbonyl (C=O) groups is 3. The van der Waals surface area contributed by atoms with E-state index in [0.29, 0.717) is 25.1 Å². The number of ether oxygens (including phenoxy) is 1. The van der Waals surface area contributed by atoms with Gasteiger partial charge < -0.3 is 25.8 Å². The highest BCUT2D eigenvalue weighted by Gasteiger charge is 2.21. The van der Waals surface area contributed by atoms with Crippen LogP contribution in [0.1, 0.15) is 38.3 Å². The second kappa shape index (κ2) is 16.5. The molecule has 0 heterocycles. The van der Waals surface area contributed by atoms with Crippen LogP contribution in [0, 0.1) is 16.7 Å². The number of methoxy groups -OCH3 is 1. The molecule has 2 aromatic carbocycles. The molecule has 0 fully saturated rings. The topological polar surface area (TPSA) is 141 Å². The van der Waals surface area contributed by atoms with Gasteiger partial charge in [0.25, 0.3) is 5.91 Å². The minimum Gasteiger partial charge on any atom is -0.508 e. The second-order valence-corrected chi connectivity index (χ2v) is 9.07. The van der Waals surface area contributed by atoms with Crippen LogP contribution in [-0.4, -0.2) is 49.6 Å². The Hall–Kier alpha value is -4.16. The summed E-state index contributed by atoms with van der Waals surface area (Å²) in [6.07, 6.45) is 1.90. The van der Waals surface area contributed by atoms with Gasteiger partial charge in [-0.25, -0.2) is 0 Å². The van der Waals surface area contributed by atoms with Gasteiger partial charge in [-0.05, 0) is 35.8 Å². The number of hydrogen-bond acceptors (Lipinski definition) is 6. The molecule has 2 aromatic rings. The maximum atomic E-state index is 12.0. The van der Waals surface area contributed by atoms with Crippen molar-refractivity contribution in [1.29, 1.82) is 5.26 Å². The van der Waals surface area contributed by atoms with Crippen molar-refractivity contribution in [2.45, 2.75) is 33.8 Å². The normalized spacial score (nSPS) is 10.8.